The summed E-state index contributed by atoms with van der Waals surface area (Å²) in [6.07, 6.45) is 4.68. The van der Waals surface area contributed by atoms with Gasteiger partial charge in [0, 0.05) is 45.1 Å². The number of rotatable bonds is 6. The molecule has 26 heavy (non-hydrogen) atoms. The highest BCUT2D eigenvalue weighted by Gasteiger charge is 2.18. The number of carbonyl (C=O) groups is 1. The van der Waals surface area contributed by atoms with Crippen LogP contribution in [0.2, 0.25) is 0 Å². The lowest BCUT2D eigenvalue weighted by Crippen LogP contribution is -2.47. The van der Waals surface area contributed by atoms with Crippen LogP contribution in [0, 0.1) is 0 Å². The van der Waals surface area contributed by atoms with Gasteiger partial charge in [0.1, 0.15) is 18.2 Å². The lowest BCUT2D eigenvalue weighted by molar-refractivity contribution is 0.137. The number of ether oxygens (including phenoxy) is 2. The average molecular weight is 357 g/mol. The minimum absolute atomic E-state index is 0.339. The van der Waals surface area contributed by atoms with E-state index < -0.39 is 6.09 Å². The minimum atomic E-state index is -0.479. The van der Waals surface area contributed by atoms with Gasteiger partial charge in [-0.3, -0.25) is 15.2 Å². The zero-order valence-electron chi connectivity index (χ0n) is 14.8. The molecular weight excluding hydrogens is 334 g/mol. The van der Waals surface area contributed by atoms with E-state index in [0.29, 0.717) is 24.6 Å². The van der Waals surface area contributed by atoms with Crippen molar-refractivity contribution < 1.29 is 14.3 Å². The Labute approximate surface area is 152 Å². The second-order valence-electron chi connectivity index (χ2n) is 5.85. The summed E-state index contributed by atoms with van der Waals surface area (Å²) in [7, 11) is 1.56. The lowest BCUT2D eigenvalue weighted by Gasteiger charge is -2.34. The van der Waals surface area contributed by atoms with E-state index in [1.165, 1.54) is 0 Å². The highest BCUT2D eigenvalue weighted by Crippen LogP contribution is 2.23. The molecule has 0 aliphatic carbocycles. The van der Waals surface area contributed by atoms with E-state index in [9.17, 15) is 4.79 Å². The lowest BCUT2D eigenvalue weighted by atomic mass is 10.3. The van der Waals surface area contributed by atoms with Gasteiger partial charge in [0.2, 0.25) is 0 Å². The molecular formula is C18H23N5O3. The Balaban J connectivity index is 1.37. The Bertz CT molecular complexity index is 705. The van der Waals surface area contributed by atoms with Crippen LogP contribution in [0.1, 0.15) is 0 Å². The molecule has 0 saturated carbocycles. The second kappa shape index (κ2) is 9.00. The van der Waals surface area contributed by atoms with E-state index in [2.05, 4.69) is 25.1 Å². The molecule has 8 nitrogen and oxygen atoms in total. The summed E-state index contributed by atoms with van der Waals surface area (Å²) in [6, 6.07) is 7.22. The third-order valence-corrected chi connectivity index (χ3v) is 4.23. The predicted molar refractivity (Wildman–Crippen MR) is 98.6 cm³/mol. The van der Waals surface area contributed by atoms with Crippen LogP contribution in [0.15, 0.2) is 42.9 Å². The molecule has 1 amide bonds. The van der Waals surface area contributed by atoms with Gasteiger partial charge in [0.15, 0.2) is 0 Å². The Morgan fingerprint density at radius 1 is 1.19 bits per heavy atom. The predicted octanol–water partition coefficient (Wildman–Crippen LogP) is 1.86. The standard InChI is InChI=1S/C18H23N5O3/c1-25-16-5-3-2-4-15(16)21-18(24)26-13-12-22-8-10-23(11-9-22)17-14-19-6-7-20-17/h2-7,14H,8-13H2,1H3,(H,21,24). The molecule has 1 saturated heterocycles. The van der Waals surface area contributed by atoms with Gasteiger partial charge in [-0.1, -0.05) is 12.1 Å². The summed E-state index contributed by atoms with van der Waals surface area (Å²) in [5.41, 5.74) is 0.595. The van der Waals surface area contributed by atoms with Gasteiger partial charge < -0.3 is 14.4 Å². The number of methoxy groups -OCH3 is 1. The molecule has 1 aromatic carbocycles. The third kappa shape index (κ3) is 4.82. The average Bonchev–Trinajstić information content (AvgIpc) is 2.69. The van der Waals surface area contributed by atoms with Gasteiger partial charge in [-0.05, 0) is 12.1 Å². The summed E-state index contributed by atoms with van der Waals surface area (Å²) in [6.45, 7) is 4.60. The molecule has 0 unspecified atom stereocenters. The van der Waals surface area contributed by atoms with Crippen LogP contribution in [-0.2, 0) is 4.74 Å². The fourth-order valence-electron chi connectivity index (χ4n) is 2.82. The number of benzene rings is 1. The maximum atomic E-state index is 11.9. The molecule has 8 heteroatoms. The van der Waals surface area contributed by atoms with Crippen molar-refractivity contribution in [3.8, 4) is 5.75 Å². The molecule has 1 aliphatic rings. The summed E-state index contributed by atoms with van der Waals surface area (Å²) >= 11 is 0. The fraction of sp³-hybridized carbons (Fsp3) is 0.389. The number of anilines is 2. The van der Waals surface area contributed by atoms with E-state index in [1.54, 1.807) is 37.8 Å². The van der Waals surface area contributed by atoms with E-state index in [0.717, 1.165) is 32.0 Å². The molecule has 3 rings (SSSR count). The number of carbonyl (C=O) groups excluding carboxylic acids is 1. The molecule has 2 heterocycles. The van der Waals surface area contributed by atoms with E-state index in [4.69, 9.17) is 9.47 Å². The van der Waals surface area contributed by atoms with Gasteiger partial charge in [-0.25, -0.2) is 9.78 Å². The number of hydrogen-bond acceptors (Lipinski definition) is 7. The van der Waals surface area contributed by atoms with Crippen LogP contribution in [0.25, 0.3) is 0 Å². The second-order valence-corrected chi connectivity index (χ2v) is 5.85. The monoisotopic (exact) mass is 357 g/mol. The van der Waals surface area contributed by atoms with Crippen molar-refractivity contribution in [1.29, 1.82) is 0 Å². The van der Waals surface area contributed by atoms with Crippen LogP contribution in [0.4, 0.5) is 16.3 Å². The number of amides is 1. The van der Waals surface area contributed by atoms with Crippen LogP contribution in [0.5, 0.6) is 5.75 Å². The van der Waals surface area contributed by atoms with E-state index in [1.807, 2.05) is 12.1 Å². The highest BCUT2D eigenvalue weighted by atomic mass is 16.5. The molecule has 1 fully saturated rings. The molecule has 0 spiro atoms. The number of hydrogen-bond donors (Lipinski definition) is 1. The van der Waals surface area contributed by atoms with Gasteiger partial charge >= 0.3 is 6.09 Å². The first-order valence-electron chi connectivity index (χ1n) is 8.56. The zero-order chi connectivity index (χ0) is 18.2. The largest absolute Gasteiger partial charge is 0.495 e. The maximum absolute atomic E-state index is 11.9. The van der Waals surface area contributed by atoms with Crippen molar-refractivity contribution in [1.82, 2.24) is 14.9 Å². The van der Waals surface area contributed by atoms with Crippen molar-refractivity contribution in [3.63, 3.8) is 0 Å². The van der Waals surface area contributed by atoms with Gasteiger partial charge in [0.05, 0.1) is 19.0 Å². The number of aromatic nitrogens is 2. The molecule has 1 N–H and O–H groups in total. The first kappa shape index (κ1) is 17.9. The molecule has 0 atom stereocenters. The molecule has 1 aromatic heterocycles. The third-order valence-electron chi connectivity index (χ3n) is 4.23. The Morgan fingerprint density at radius 2 is 2.00 bits per heavy atom. The fourth-order valence-corrected chi connectivity index (χ4v) is 2.82. The number of nitrogens with one attached hydrogen (secondary N) is 1. The van der Waals surface area contributed by atoms with Gasteiger partial charge in [0.25, 0.3) is 0 Å². The van der Waals surface area contributed by atoms with E-state index in [-0.39, 0.29) is 0 Å². The zero-order valence-corrected chi connectivity index (χ0v) is 14.8. The Hall–Kier alpha value is -2.87. The first-order valence-corrected chi connectivity index (χ1v) is 8.56. The van der Waals surface area contributed by atoms with E-state index >= 15 is 0 Å². The Kier molecular flexibility index (Phi) is 6.21. The summed E-state index contributed by atoms with van der Waals surface area (Å²) in [5, 5.41) is 2.70. The van der Waals surface area contributed by atoms with Crippen LogP contribution >= 0.6 is 0 Å². The normalized spacial score (nSPS) is 14.7. The molecule has 2 aromatic rings. The van der Waals surface area contributed by atoms with Gasteiger partial charge in [-0.15, -0.1) is 0 Å². The summed E-state index contributed by atoms with van der Waals surface area (Å²) in [4.78, 5) is 24.8. The Morgan fingerprint density at radius 3 is 2.73 bits per heavy atom. The smallest absolute Gasteiger partial charge is 0.411 e. The van der Waals surface area contributed by atoms with Crippen molar-refractivity contribution >= 4 is 17.6 Å². The minimum Gasteiger partial charge on any atom is -0.495 e. The molecule has 0 bridgehead atoms. The summed E-state index contributed by atoms with van der Waals surface area (Å²) in [5.74, 6) is 1.50. The molecule has 0 radical (unpaired) electrons. The molecule has 138 valence electrons. The van der Waals surface area contributed by atoms with Crippen molar-refractivity contribution in [2.75, 3.05) is 56.7 Å². The van der Waals surface area contributed by atoms with Crippen LogP contribution < -0.4 is 15.0 Å². The topological polar surface area (TPSA) is 79.8 Å². The summed E-state index contributed by atoms with van der Waals surface area (Å²) < 4.78 is 10.5. The molecule has 1 aliphatic heterocycles. The maximum Gasteiger partial charge on any atom is 0.411 e. The SMILES string of the molecule is COc1ccccc1NC(=O)OCCN1CCN(c2cnccn2)CC1. The number of piperazine rings is 1. The van der Waals surface area contributed by atoms with Crippen LogP contribution in [0.3, 0.4) is 0 Å². The van der Waals surface area contributed by atoms with Crippen molar-refractivity contribution in [2.24, 2.45) is 0 Å². The number of nitrogens with zero attached hydrogens (tertiary/aromatic N) is 4. The number of para-hydroxylation sites is 2. The van der Waals surface area contributed by atoms with Crippen molar-refractivity contribution in [2.45, 2.75) is 0 Å². The van der Waals surface area contributed by atoms with Gasteiger partial charge in [-0.2, -0.15) is 0 Å². The quantitative estimate of drug-likeness (QED) is 0.845. The first-order chi connectivity index (χ1) is 12.8. The highest BCUT2D eigenvalue weighted by molar-refractivity contribution is 5.86. The van der Waals surface area contributed by atoms with Crippen LogP contribution in [-0.4, -0.2) is 67.4 Å². The van der Waals surface area contributed by atoms with Crippen molar-refractivity contribution in [3.05, 3.63) is 42.9 Å².